The molecule has 3 aromatic heterocycles. The van der Waals surface area contributed by atoms with Crippen LogP contribution in [-0.4, -0.2) is 42.2 Å². The number of benzene rings is 1. The quantitative estimate of drug-likeness (QED) is 0.462. The second-order valence-electron chi connectivity index (χ2n) is 7.12. The van der Waals surface area contributed by atoms with Gasteiger partial charge in [-0.3, -0.25) is 9.78 Å². The molecule has 0 aliphatic carbocycles. The highest BCUT2D eigenvalue weighted by Gasteiger charge is 2.17. The van der Waals surface area contributed by atoms with E-state index in [0.717, 1.165) is 28.4 Å². The van der Waals surface area contributed by atoms with E-state index in [1.807, 2.05) is 39.6 Å². The third-order valence-electron chi connectivity index (χ3n) is 4.77. The van der Waals surface area contributed by atoms with Crippen molar-refractivity contribution in [1.29, 1.82) is 0 Å². The Balaban J connectivity index is 1.81. The number of sulfonamides is 1. The lowest BCUT2D eigenvalue weighted by Crippen LogP contribution is -2.30. The summed E-state index contributed by atoms with van der Waals surface area (Å²) in [6, 6.07) is 14.4. The summed E-state index contributed by atoms with van der Waals surface area (Å²) < 4.78 is 32.1. The Morgan fingerprint density at radius 3 is 2.69 bits per heavy atom. The number of aromatic nitrogens is 3. The van der Waals surface area contributed by atoms with Crippen LogP contribution in [0, 0.1) is 0 Å². The Morgan fingerprint density at radius 2 is 2.00 bits per heavy atom. The smallest absolute Gasteiger partial charge is 0.283 e. The van der Waals surface area contributed by atoms with E-state index in [0.29, 0.717) is 23.0 Å². The number of pyridine rings is 2. The van der Waals surface area contributed by atoms with Gasteiger partial charge in [-0.2, -0.15) is 0 Å². The van der Waals surface area contributed by atoms with Crippen molar-refractivity contribution >= 4 is 38.4 Å². The highest BCUT2D eigenvalue weighted by atomic mass is 35.5. The number of carbonyl (C=O) groups is 1. The molecule has 32 heavy (non-hydrogen) atoms. The van der Waals surface area contributed by atoms with Gasteiger partial charge in [0, 0.05) is 23.3 Å². The van der Waals surface area contributed by atoms with Crippen molar-refractivity contribution in [2.75, 3.05) is 13.4 Å². The number of rotatable bonds is 6. The molecule has 1 N–H and O–H groups in total. The third kappa shape index (κ3) is 4.58. The molecule has 3 heterocycles. The average molecular weight is 471 g/mol. The molecule has 0 spiro atoms. The maximum Gasteiger partial charge on any atom is 0.283 e. The SMILES string of the molecule is COc1cc2cc(-c3cccnc3)n(Cc3cccc(C(=O)NS(C)(=O)=O)n3)c2cc1Cl. The molecule has 0 unspecified atom stereocenters. The van der Waals surface area contributed by atoms with Crippen molar-refractivity contribution < 1.29 is 17.9 Å². The zero-order valence-corrected chi connectivity index (χ0v) is 18.8. The Labute approximate surface area is 189 Å². The molecule has 8 nitrogen and oxygen atoms in total. The van der Waals surface area contributed by atoms with Gasteiger partial charge in [-0.1, -0.05) is 17.7 Å². The zero-order valence-electron chi connectivity index (χ0n) is 17.2. The standard InChI is InChI=1S/C22H19ClN4O4S/c1-31-21-10-15-9-19(14-5-4-8-24-12-14)27(20(15)11-17(21)23)13-16-6-3-7-18(25-16)22(28)26-32(2,29)30/h3-12H,13H2,1-2H3,(H,26,28). The largest absolute Gasteiger partial charge is 0.495 e. The van der Waals surface area contributed by atoms with E-state index in [4.69, 9.17) is 16.3 Å². The molecule has 4 rings (SSSR count). The van der Waals surface area contributed by atoms with Crippen LogP contribution < -0.4 is 9.46 Å². The van der Waals surface area contributed by atoms with Crippen LogP contribution >= 0.6 is 11.6 Å². The van der Waals surface area contributed by atoms with Crippen molar-refractivity contribution in [3.05, 3.63) is 77.3 Å². The number of amides is 1. The summed E-state index contributed by atoms with van der Waals surface area (Å²) in [6.07, 6.45) is 4.37. The van der Waals surface area contributed by atoms with E-state index in [1.54, 1.807) is 31.6 Å². The van der Waals surface area contributed by atoms with E-state index in [-0.39, 0.29) is 5.69 Å². The van der Waals surface area contributed by atoms with Gasteiger partial charge in [0.1, 0.15) is 11.4 Å². The number of hydrogen-bond donors (Lipinski definition) is 1. The highest BCUT2D eigenvalue weighted by Crippen LogP contribution is 2.35. The lowest BCUT2D eigenvalue weighted by Gasteiger charge is -2.12. The minimum absolute atomic E-state index is 0.00650. The lowest BCUT2D eigenvalue weighted by atomic mass is 10.2. The number of fused-ring (bicyclic) bond motifs is 1. The van der Waals surface area contributed by atoms with Gasteiger partial charge in [-0.05, 0) is 42.5 Å². The Morgan fingerprint density at radius 1 is 1.19 bits per heavy atom. The Kier molecular flexibility index (Phi) is 5.86. The third-order valence-corrected chi connectivity index (χ3v) is 5.62. The monoisotopic (exact) mass is 470 g/mol. The molecule has 10 heteroatoms. The number of ether oxygens (including phenoxy) is 1. The molecule has 0 aliphatic rings. The van der Waals surface area contributed by atoms with Crippen molar-refractivity contribution in [3.8, 4) is 17.0 Å². The van der Waals surface area contributed by atoms with Gasteiger partial charge in [-0.15, -0.1) is 0 Å². The normalized spacial score (nSPS) is 11.5. The molecular weight excluding hydrogens is 452 g/mol. The van der Waals surface area contributed by atoms with Gasteiger partial charge in [0.05, 0.1) is 41.8 Å². The fraction of sp³-hybridized carbons (Fsp3) is 0.136. The van der Waals surface area contributed by atoms with E-state index in [2.05, 4.69) is 9.97 Å². The summed E-state index contributed by atoms with van der Waals surface area (Å²) in [4.78, 5) is 20.8. The first-order chi connectivity index (χ1) is 15.2. The van der Waals surface area contributed by atoms with Gasteiger partial charge in [0.15, 0.2) is 0 Å². The summed E-state index contributed by atoms with van der Waals surface area (Å²) >= 11 is 6.39. The van der Waals surface area contributed by atoms with E-state index >= 15 is 0 Å². The molecule has 0 saturated heterocycles. The topological polar surface area (TPSA) is 103 Å². The summed E-state index contributed by atoms with van der Waals surface area (Å²) in [7, 11) is -2.14. The predicted molar refractivity (Wildman–Crippen MR) is 122 cm³/mol. The highest BCUT2D eigenvalue weighted by molar-refractivity contribution is 7.89. The molecule has 0 aliphatic heterocycles. The van der Waals surface area contributed by atoms with Gasteiger partial charge in [-0.25, -0.2) is 18.1 Å². The minimum Gasteiger partial charge on any atom is -0.495 e. The molecule has 4 aromatic rings. The van der Waals surface area contributed by atoms with Gasteiger partial charge >= 0.3 is 0 Å². The molecule has 0 atom stereocenters. The summed E-state index contributed by atoms with van der Waals surface area (Å²) in [6.45, 7) is 0.316. The first kappa shape index (κ1) is 21.8. The van der Waals surface area contributed by atoms with E-state index in [9.17, 15) is 13.2 Å². The summed E-state index contributed by atoms with van der Waals surface area (Å²) in [5.41, 5.74) is 3.20. The van der Waals surface area contributed by atoms with Crippen molar-refractivity contribution in [2.24, 2.45) is 0 Å². The number of carbonyl (C=O) groups excluding carboxylic acids is 1. The van der Waals surface area contributed by atoms with Crippen molar-refractivity contribution in [2.45, 2.75) is 6.54 Å². The second-order valence-corrected chi connectivity index (χ2v) is 9.28. The molecular formula is C22H19ClN4O4S. The van der Waals surface area contributed by atoms with Crippen molar-refractivity contribution in [1.82, 2.24) is 19.3 Å². The number of methoxy groups -OCH3 is 1. The fourth-order valence-electron chi connectivity index (χ4n) is 3.42. The molecule has 0 fully saturated rings. The molecule has 0 radical (unpaired) electrons. The van der Waals surface area contributed by atoms with Crippen LogP contribution in [0.4, 0.5) is 0 Å². The second kappa shape index (κ2) is 8.60. The lowest BCUT2D eigenvalue weighted by molar-refractivity contribution is 0.0976. The predicted octanol–water partition coefficient (Wildman–Crippen LogP) is 3.50. The molecule has 164 valence electrons. The number of hydrogen-bond acceptors (Lipinski definition) is 6. The van der Waals surface area contributed by atoms with Crippen LogP contribution in [0.25, 0.3) is 22.2 Å². The van der Waals surface area contributed by atoms with Crippen LogP contribution in [0.1, 0.15) is 16.2 Å². The first-order valence-corrected chi connectivity index (χ1v) is 11.8. The maximum absolute atomic E-state index is 12.2. The molecule has 1 aromatic carbocycles. The minimum atomic E-state index is -3.70. The zero-order chi connectivity index (χ0) is 22.9. The van der Waals surface area contributed by atoms with Crippen LogP contribution in [-0.2, 0) is 16.6 Å². The number of halogens is 1. The molecule has 1 amide bonds. The van der Waals surface area contributed by atoms with Crippen LogP contribution in [0.3, 0.4) is 0 Å². The maximum atomic E-state index is 12.2. The summed E-state index contributed by atoms with van der Waals surface area (Å²) in [5.74, 6) is -0.224. The number of nitrogens with zero attached hydrogens (tertiary/aromatic N) is 3. The van der Waals surface area contributed by atoms with Crippen LogP contribution in [0.15, 0.2) is 60.9 Å². The summed E-state index contributed by atoms with van der Waals surface area (Å²) in [5, 5.41) is 1.38. The van der Waals surface area contributed by atoms with Gasteiger partial charge < -0.3 is 9.30 Å². The Hall–Kier alpha value is -3.43. The van der Waals surface area contributed by atoms with Gasteiger partial charge in [0.25, 0.3) is 5.91 Å². The van der Waals surface area contributed by atoms with Crippen LogP contribution in [0.5, 0.6) is 5.75 Å². The fourth-order valence-corrected chi connectivity index (χ4v) is 4.10. The average Bonchev–Trinajstić information content (AvgIpc) is 3.10. The van der Waals surface area contributed by atoms with Gasteiger partial charge in [0.2, 0.25) is 10.0 Å². The Bertz CT molecular complexity index is 1420. The molecule has 0 saturated carbocycles. The van der Waals surface area contributed by atoms with Crippen molar-refractivity contribution in [3.63, 3.8) is 0 Å². The number of nitrogens with one attached hydrogen (secondary N) is 1. The first-order valence-electron chi connectivity index (χ1n) is 9.50. The van der Waals surface area contributed by atoms with Crippen LogP contribution in [0.2, 0.25) is 5.02 Å². The van der Waals surface area contributed by atoms with E-state index in [1.165, 1.54) is 6.07 Å². The molecule has 0 bridgehead atoms. The van der Waals surface area contributed by atoms with E-state index < -0.39 is 15.9 Å².